The van der Waals surface area contributed by atoms with Crippen LogP contribution in [0.2, 0.25) is 0 Å². The topological polar surface area (TPSA) is 35.5 Å². The zero-order chi connectivity index (χ0) is 13.7. The van der Waals surface area contributed by atoms with Crippen LogP contribution >= 0.6 is 0 Å². The van der Waals surface area contributed by atoms with E-state index in [1.165, 1.54) is 0 Å². The van der Waals surface area contributed by atoms with Gasteiger partial charge in [0.2, 0.25) is 0 Å². The summed E-state index contributed by atoms with van der Waals surface area (Å²) in [6.07, 6.45) is 0. The summed E-state index contributed by atoms with van der Waals surface area (Å²) < 4.78 is 10.4. The molecule has 0 bridgehead atoms. The van der Waals surface area contributed by atoms with Crippen molar-refractivity contribution in [2.75, 3.05) is 7.11 Å². The molecule has 0 saturated carbocycles. The van der Waals surface area contributed by atoms with E-state index in [0.29, 0.717) is 5.75 Å². The van der Waals surface area contributed by atoms with Crippen molar-refractivity contribution in [2.45, 2.75) is 12.8 Å². The van der Waals surface area contributed by atoms with E-state index in [2.05, 4.69) is 0 Å². The van der Waals surface area contributed by atoms with E-state index >= 15 is 0 Å². The van der Waals surface area contributed by atoms with Crippen LogP contribution in [0.25, 0.3) is 0 Å². The Balaban J connectivity index is 2.04. The van der Waals surface area contributed by atoms with E-state index in [1.54, 1.807) is 31.4 Å². The van der Waals surface area contributed by atoms with Crippen LogP contribution in [0.3, 0.4) is 0 Å². The van der Waals surface area contributed by atoms with Crippen LogP contribution in [0.1, 0.15) is 18.4 Å². The molecule has 1 atom stereocenters. The van der Waals surface area contributed by atoms with Crippen LogP contribution in [-0.2, 0) is 4.79 Å². The van der Waals surface area contributed by atoms with E-state index < -0.39 is 0 Å². The fraction of sp³-hybridized carbons (Fsp3) is 0.188. The molecule has 0 spiro atoms. The molecule has 0 aliphatic heterocycles. The van der Waals surface area contributed by atoms with E-state index in [1.807, 2.05) is 37.3 Å². The van der Waals surface area contributed by atoms with Gasteiger partial charge < -0.3 is 9.47 Å². The summed E-state index contributed by atoms with van der Waals surface area (Å²) in [7, 11) is 1.60. The molecule has 0 aliphatic rings. The lowest BCUT2D eigenvalue weighted by Crippen LogP contribution is -2.16. The number of methoxy groups -OCH3 is 1. The van der Waals surface area contributed by atoms with Crippen molar-refractivity contribution in [2.24, 2.45) is 0 Å². The van der Waals surface area contributed by atoms with Crippen molar-refractivity contribution < 1.29 is 14.3 Å². The molecule has 1 unspecified atom stereocenters. The normalized spacial score (nSPS) is 11.7. The first-order valence-corrected chi connectivity index (χ1v) is 6.11. The zero-order valence-corrected chi connectivity index (χ0v) is 11.0. The average molecular weight is 256 g/mol. The number of ether oxygens (including phenoxy) is 2. The second-order valence-electron chi connectivity index (χ2n) is 4.23. The molecular formula is C16H16O3. The monoisotopic (exact) mass is 256 g/mol. The predicted molar refractivity (Wildman–Crippen MR) is 73.5 cm³/mol. The number of benzene rings is 2. The number of carbonyl (C=O) groups is 1. The van der Waals surface area contributed by atoms with Crippen LogP contribution in [0.15, 0.2) is 54.6 Å². The van der Waals surface area contributed by atoms with Gasteiger partial charge >= 0.3 is 5.97 Å². The molecule has 0 aromatic heterocycles. The molecule has 0 N–H and O–H groups in total. The van der Waals surface area contributed by atoms with Gasteiger partial charge in [-0.2, -0.15) is 0 Å². The lowest BCUT2D eigenvalue weighted by atomic mass is 10.0. The summed E-state index contributed by atoms with van der Waals surface area (Å²) in [5.41, 5.74) is 0.945. The van der Waals surface area contributed by atoms with Gasteiger partial charge in [-0.15, -0.1) is 0 Å². The Bertz CT molecular complexity index is 532. The van der Waals surface area contributed by atoms with Gasteiger partial charge in [-0.25, -0.2) is 0 Å². The van der Waals surface area contributed by atoms with E-state index in [9.17, 15) is 4.79 Å². The molecule has 0 saturated heterocycles. The molecule has 3 nitrogen and oxygen atoms in total. The largest absolute Gasteiger partial charge is 0.497 e. The van der Waals surface area contributed by atoms with Crippen molar-refractivity contribution in [3.05, 3.63) is 60.2 Å². The van der Waals surface area contributed by atoms with Gasteiger partial charge in [0, 0.05) is 0 Å². The fourth-order valence-electron chi connectivity index (χ4n) is 1.73. The SMILES string of the molecule is COc1ccc(OC(=O)C(C)c2ccccc2)cc1. The fourth-order valence-corrected chi connectivity index (χ4v) is 1.73. The van der Waals surface area contributed by atoms with Crippen molar-refractivity contribution in [1.29, 1.82) is 0 Å². The van der Waals surface area contributed by atoms with Crippen molar-refractivity contribution in [3.63, 3.8) is 0 Å². The highest BCUT2D eigenvalue weighted by Crippen LogP contribution is 2.21. The van der Waals surface area contributed by atoms with E-state index in [0.717, 1.165) is 11.3 Å². The van der Waals surface area contributed by atoms with Crippen LogP contribution in [-0.4, -0.2) is 13.1 Å². The Labute approximate surface area is 112 Å². The van der Waals surface area contributed by atoms with Gasteiger partial charge in [0.1, 0.15) is 11.5 Å². The molecule has 0 radical (unpaired) electrons. The molecule has 3 heteroatoms. The van der Waals surface area contributed by atoms with Crippen molar-refractivity contribution in [1.82, 2.24) is 0 Å². The third-order valence-electron chi connectivity index (χ3n) is 2.93. The predicted octanol–water partition coefficient (Wildman–Crippen LogP) is 3.40. The second-order valence-corrected chi connectivity index (χ2v) is 4.23. The Hall–Kier alpha value is -2.29. The first-order chi connectivity index (χ1) is 9.20. The molecule has 2 rings (SSSR count). The first-order valence-electron chi connectivity index (χ1n) is 6.11. The highest BCUT2D eigenvalue weighted by Gasteiger charge is 2.17. The van der Waals surface area contributed by atoms with E-state index in [4.69, 9.17) is 9.47 Å². The quantitative estimate of drug-likeness (QED) is 0.621. The standard InChI is InChI=1S/C16H16O3/c1-12(13-6-4-3-5-7-13)16(17)19-15-10-8-14(18-2)9-11-15/h3-12H,1-2H3. The van der Waals surface area contributed by atoms with E-state index in [-0.39, 0.29) is 11.9 Å². The zero-order valence-electron chi connectivity index (χ0n) is 11.0. The molecule has 19 heavy (non-hydrogen) atoms. The summed E-state index contributed by atoms with van der Waals surface area (Å²) >= 11 is 0. The summed E-state index contributed by atoms with van der Waals surface area (Å²) in [6, 6.07) is 16.5. The van der Waals surface area contributed by atoms with Crippen LogP contribution in [0, 0.1) is 0 Å². The third-order valence-corrected chi connectivity index (χ3v) is 2.93. The third kappa shape index (κ3) is 3.35. The molecule has 98 valence electrons. The number of hydrogen-bond acceptors (Lipinski definition) is 3. The van der Waals surface area contributed by atoms with Gasteiger partial charge in [-0.3, -0.25) is 4.79 Å². The molecular weight excluding hydrogens is 240 g/mol. The lowest BCUT2D eigenvalue weighted by molar-refractivity contribution is -0.135. The number of carbonyl (C=O) groups excluding carboxylic acids is 1. The maximum Gasteiger partial charge on any atom is 0.318 e. The molecule has 0 aliphatic carbocycles. The molecule has 2 aromatic rings. The molecule has 0 fully saturated rings. The number of rotatable bonds is 4. The second kappa shape index (κ2) is 6.05. The maximum absolute atomic E-state index is 12.0. The number of esters is 1. The van der Waals surface area contributed by atoms with Crippen molar-refractivity contribution in [3.8, 4) is 11.5 Å². The minimum absolute atomic E-state index is 0.267. The Morgan fingerprint density at radius 1 is 0.947 bits per heavy atom. The first kappa shape index (κ1) is 13.1. The summed E-state index contributed by atoms with van der Waals surface area (Å²) in [6.45, 7) is 1.83. The highest BCUT2D eigenvalue weighted by molar-refractivity contribution is 5.79. The van der Waals surface area contributed by atoms with Crippen molar-refractivity contribution >= 4 is 5.97 Å². The van der Waals surface area contributed by atoms with Crippen LogP contribution in [0.5, 0.6) is 11.5 Å². The number of hydrogen-bond donors (Lipinski definition) is 0. The minimum Gasteiger partial charge on any atom is -0.497 e. The Morgan fingerprint density at radius 2 is 1.53 bits per heavy atom. The van der Waals surface area contributed by atoms with Crippen LogP contribution < -0.4 is 9.47 Å². The Morgan fingerprint density at radius 3 is 2.11 bits per heavy atom. The highest BCUT2D eigenvalue weighted by atomic mass is 16.5. The minimum atomic E-state index is -0.289. The van der Waals surface area contributed by atoms with Gasteiger partial charge in [-0.1, -0.05) is 30.3 Å². The van der Waals surface area contributed by atoms with Gasteiger partial charge in [0.05, 0.1) is 13.0 Å². The maximum atomic E-state index is 12.0. The smallest absolute Gasteiger partial charge is 0.318 e. The summed E-state index contributed by atoms with van der Waals surface area (Å²) in [5, 5.41) is 0. The lowest BCUT2D eigenvalue weighted by Gasteiger charge is -2.11. The molecule has 0 amide bonds. The summed E-state index contributed by atoms with van der Waals surface area (Å²) in [5.74, 6) is 0.698. The molecule has 2 aromatic carbocycles. The average Bonchev–Trinajstić information content (AvgIpc) is 2.48. The summed E-state index contributed by atoms with van der Waals surface area (Å²) in [4.78, 5) is 12.0. The van der Waals surface area contributed by atoms with Gasteiger partial charge in [0.15, 0.2) is 0 Å². The molecule has 0 heterocycles. The van der Waals surface area contributed by atoms with Gasteiger partial charge in [0.25, 0.3) is 0 Å². The Kier molecular flexibility index (Phi) is 4.18. The van der Waals surface area contributed by atoms with Gasteiger partial charge in [-0.05, 0) is 36.8 Å². The van der Waals surface area contributed by atoms with Crippen LogP contribution in [0.4, 0.5) is 0 Å².